The average molecular weight is 390 g/mol. The van der Waals surface area contributed by atoms with Crippen molar-refractivity contribution >= 4 is 5.91 Å². The van der Waals surface area contributed by atoms with Gasteiger partial charge in [0.25, 0.3) is 5.91 Å². The molecule has 2 atom stereocenters. The molecule has 0 aliphatic rings. The molecule has 0 aliphatic heterocycles. The topological polar surface area (TPSA) is 89.2 Å². The zero-order valence-electron chi connectivity index (χ0n) is 16.5. The van der Waals surface area contributed by atoms with Gasteiger partial charge in [-0.2, -0.15) is 5.26 Å². The van der Waals surface area contributed by atoms with E-state index in [2.05, 4.69) is 16.4 Å². The number of nitriles is 1. The highest BCUT2D eigenvalue weighted by Crippen LogP contribution is 2.29. The Morgan fingerprint density at radius 1 is 1.21 bits per heavy atom. The Balaban J connectivity index is 1.82. The molecule has 0 saturated carbocycles. The van der Waals surface area contributed by atoms with E-state index in [0.717, 1.165) is 5.56 Å². The van der Waals surface area contributed by atoms with Crippen molar-refractivity contribution in [3.8, 4) is 17.6 Å². The summed E-state index contributed by atoms with van der Waals surface area (Å²) < 4.78 is 13.1. The van der Waals surface area contributed by atoms with Crippen LogP contribution in [0.5, 0.6) is 11.5 Å². The van der Waals surface area contributed by atoms with Crippen LogP contribution in [0, 0.1) is 11.3 Å². The molecule has 2 unspecified atom stereocenters. The molecular formula is C22H22N4O3. The first-order valence-corrected chi connectivity index (χ1v) is 9.10. The second-order valence-electron chi connectivity index (χ2n) is 6.48. The average Bonchev–Trinajstić information content (AvgIpc) is 3.17. The van der Waals surface area contributed by atoms with Gasteiger partial charge in [0.15, 0.2) is 6.10 Å². The van der Waals surface area contributed by atoms with Gasteiger partial charge in [0.1, 0.15) is 23.4 Å². The Morgan fingerprint density at radius 3 is 2.55 bits per heavy atom. The van der Waals surface area contributed by atoms with E-state index < -0.39 is 12.1 Å². The quantitative estimate of drug-likeness (QED) is 0.670. The van der Waals surface area contributed by atoms with E-state index >= 15 is 0 Å². The predicted octanol–water partition coefficient (Wildman–Crippen LogP) is 2.97. The Bertz CT molecular complexity index is 1020. The summed E-state index contributed by atoms with van der Waals surface area (Å²) in [6.07, 6.45) is 2.75. The summed E-state index contributed by atoms with van der Waals surface area (Å²) >= 11 is 0. The Kier molecular flexibility index (Phi) is 6.15. The molecular weight excluding hydrogens is 368 g/mol. The van der Waals surface area contributed by atoms with Crippen LogP contribution in [0.25, 0.3) is 0 Å². The number of hydrogen-bond acceptors (Lipinski definition) is 5. The molecule has 3 aromatic rings. The standard InChI is InChI=1S/C22H22N4O3/c1-15(29-17-10-8-16(14-23)9-11-17)22(27)25-20(21-24-12-13-26(21)2)18-6-4-5-7-19(18)28-3/h4-13,15,20H,1-3H3,(H,25,27). The number of imidazole rings is 1. The zero-order valence-corrected chi connectivity index (χ0v) is 16.5. The van der Waals surface area contributed by atoms with Gasteiger partial charge >= 0.3 is 0 Å². The molecule has 1 amide bonds. The molecule has 7 heteroatoms. The van der Waals surface area contributed by atoms with Gasteiger partial charge in [-0.25, -0.2) is 4.98 Å². The SMILES string of the molecule is COc1ccccc1C(NC(=O)C(C)Oc1ccc(C#N)cc1)c1nccn1C. The smallest absolute Gasteiger partial charge is 0.261 e. The molecule has 0 bridgehead atoms. The molecule has 0 saturated heterocycles. The van der Waals surface area contributed by atoms with Crippen LogP contribution in [0.2, 0.25) is 0 Å². The van der Waals surface area contributed by atoms with Gasteiger partial charge in [-0.05, 0) is 37.3 Å². The number of ether oxygens (including phenoxy) is 2. The van der Waals surface area contributed by atoms with Gasteiger partial charge in [-0.15, -0.1) is 0 Å². The lowest BCUT2D eigenvalue weighted by molar-refractivity contribution is -0.127. The van der Waals surface area contributed by atoms with Gasteiger partial charge in [0, 0.05) is 25.0 Å². The van der Waals surface area contributed by atoms with E-state index in [1.807, 2.05) is 42.1 Å². The van der Waals surface area contributed by atoms with Gasteiger partial charge in [-0.3, -0.25) is 4.79 Å². The number of nitrogens with zero attached hydrogens (tertiary/aromatic N) is 3. The predicted molar refractivity (Wildman–Crippen MR) is 107 cm³/mol. The zero-order chi connectivity index (χ0) is 20.8. The van der Waals surface area contributed by atoms with Gasteiger partial charge in [0.2, 0.25) is 0 Å². The van der Waals surface area contributed by atoms with Crippen molar-refractivity contribution in [1.82, 2.24) is 14.9 Å². The van der Waals surface area contributed by atoms with Crippen molar-refractivity contribution < 1.29 is 14.3 Å². The van der Waals surface area contributed by atoms with E-state index in [1.54, 1.807) is 44.5 Å². The Labute approximate surface area is 169 Å². The number of nitrogens with one attached hydrogen (secondary N) is 1. The summed E-state index contributed by atoms with van der Waals surface area (Å²) in [6.45, 7) is 1.67. The third-order valence-electron chi connectivity index (χ3n) is 4.52. The molecule has 0 fully saturated rings. The third-order valence-corrected chi connectivity index (χ3v) is 4.52. The van der Waals surface area contributed by atoms with Crippen LogP contribution in [-0.2, 0) is 11.8 Å². The molecule has 148 valence electrons. The molecule has 0 radical (unpaired) electrons. The van der Waals surface area contributed by atoms with E-state index in [1.165, 1.54) is 0 Å². The molecule has 3 rings (SSSR count). The van der Waals surface area contributed by atoms with Crippen molar-refractivity contribution in [2.75, 3.05) is 7.11 Å². The number of amides is 1. The maximum absolute atomic E-state index is 12.9. The lowest BCUT2D eigenvalue weighted by atomic mass is 10.0. The minimum atomic E-state index is -0.750. The number of aromatic nitrogens is 2. The normalized spacial score (nSPS) is 12.5. The summed E-state index contributed by atoms with van der Waals surface area (Å²) in [5.41, 5.74) is 1.32. The van der Waals surface area contributed by atoms with Crippen LogP contribution in [0.3, 0.4) is 0 Å². The Morgan fingerprint density at radius 2 is 1.93 bits per heavy atom. The van der Waals surface area contributed by atoms with Crippen LogP contribution in [-0.4, -0.2) is 28.7 Å². The molecule has 1 N–H and O–H groups in total. The number of carbonyl (C=O) groups is 1. The number of benzene rings is 2. The number of aryl methyl sites for hydroxylation is 1. The molecule has 1 aromatic heterocycles. The summed E-state index contributed by atoms with van der Waals surface area (Å²) in [7, 11) is 3.46. The first kappa shape index (κ1) is 20.0. The number of para-hydroxylation sites is 1. The van der Waals surface area contributed by atoms with Gasteiger partial charge < -0.3 is 19.4 Å². The molecule has 0 spiro atoms. The summed E-state index contributed by atoms with van der Waals surface area (Å²) in [6, 6.07) is 15.7. The van der Waals surface area contributed by atoms with Crippen molar-refractivity contribution in [3.63, 3.8) is 0 Å². The fourth-order valence-electron chi connectivity index (χ4n) is 2.97. The second kappa shape index (κ2) is 8.93. The van der Waals surface area contributed by atoms with Crippen molar-refractivity contribution in [2.24, 2.45) is 7.05 Å². The monoisotopic (exact) mass is 390 g/mol. The summed E-state index contributed by atoms with van der Waals surface area (Å²) in [5, 5.41) is 11.9. The highest BCUT2D eigenvalue weighted by Gasteiger charge is 2.26. The number of carbonyl (C=O) groups excluding carboxylic acids is 1. The maximum Gasteiger partial charge on any atom is 0.261 e. The van der Waals surface area contributed by atoms with Crippen LogP contribution in [0.4, 0.5) is 0 Å². The van der Waals surface area contributed by atoms with Crippen molar-refractivity contribution in [1.29, 1.82) is 5.26 Å². The molecule has 1 heterocycles. The third kappa shape index (κ3) is 4.55. The number of rotatable bonds is 7. The Hall–Kier alpha value is -3.79. The lowest BCUT2D eigenvalue weighted by Crippen LogP contribution is -2.40. The van der Waals surface area contributed by atoms with Crippen LogP contribution in [0.1, 0.15) is 29.9 Å². The maximum atomic E-state index is 12.9. The van der Waals surface area contributed by atoms with Gasteiger partial charge in [-0.1, -0.05) is 18.2 Å². The molecule has 2 aromatic carbocycles. The summed E-state index contributed by atoms with van der Waals surface area (Å²) in [5.74, 6) is 1.54. The van der Waals surface area contributed by atoms with Crippen molar-refractivity contribution in [3.05, 3.63) is 77.9 Å². The van der Waals surface area contributed by atoms with E-state index in [0.29, 0.717) is 22.9 Å². The van der Waals surface area contributed by atoms with E-state index in [9.17, 15) is 4.79 Å². The molecule has 0 aliphatic carbocycles. The fourth-order valence-corrected chi connectivity index (χ4v) is 2.97. The van der Waals surface area contributed by atoms with E-state index in [4.69, 9.17) is 14.7 Å². The summed E-state index contributed by atoms with van der Waals surface area (Å²) in [4.78, 5) is 17.3. The van der Waals surface area contributed by atoms with Crippen LogP contribution >= 0.6 is 0 Å². The van der Waals surface area contributed by atoms with Gasteiger partial charge in [0.05, 0.1) is 18.7 Å². The van der Waals surface area contributed by atoms with Crippen molar-refractivity contribution in [2.45, 2.75) is 19.1 Å². The minimum absolute atomic E-state index is 0.298. The molecule has 29 heavy (non-hydrogen) atoms. The van der Waals surface area contributed by atoms with E-state index in [-0.39, 0.29) is 5.91 Å². The lowest BCUT2D eigenvalue weighted by Gasteiger charge is -2.23. The minimum Gasteiger partial charge on any atom is -0.496 e. The molecule has 7 nitrogen and oxygen atoms in total. The van der Waals surface area contributed by atoms with Crippen LogP contribution in [0.15, 0.2) is 60.9 Å². The second-order valence-corrected chi connectivity index (χ2v) is 6.48. The largest absolute Gasteiger partial charge is 0.496 e. The number of methoxy groups -OCH3 is 1. The first-order valence-electron chi connectivity index (χ1n) is 9.10. The fraction of sp³-hybridized carbons (Fsp3) is 0.227. The number of hydrogen-bond donors (Lipinski definition) is 1. The highest BCUT2D eigenvalue weighted by atomic mass is 16.5. The first-order chi connectivity index (χ1) is 14.0. The van der Waals surface area contributed by atoms with Crippen LogP contribution < -0.4 is 14.8 Å². The highest BCUT2D eigenvalue weighted by molar-refractivity contribution is 5.81.